The van der Waals surface area contributed by atoms with Crippen LogP contribution in [0.1, 0.15) is 43.4 Å². The standard InChI is InChI=1S/C23H25ClF2N2O4/c1-12(2)16-9-17(24)13(3)7-20(16)32-11-15(29)10-28-21(30)23(4,27-22(28)31)14-5-6-18(25)19(26)8-14/h5-9,12,15,29H,10-11H2,1-4H3,(H,27,31)/t15-,23-/m0/s1. The lowest BCUT2D eigenvalue weighted by molar-refractivity contribution is -0.132. The number of halogens is 3. The van der Waals surface area contributed by atoms with E-state index in [1.165, 1.54) is 13.0 Å². The van der Waals surface area contributed by atoms with Gasteiger partial charge in [-0.3, -0.25) is 9.69 Å². The summed E-state index contributed by atoms with van der Waals surface area (Å²) in [6.45, 7) is 6.71. The highest BCUT2D eigenvalue weighted by Gasteiger charge is 2.49. The molecule has 0 saturated carbocycles. The van der Waals surface area contributed by atoms with Crippen molar-refractivity contribution in [2.75, 3.05) is 13.2 Å². The monoisotopic (exact) mass is 466 g/mol. The van der Waals surface area contributed by atoms with Crippen LogP contribution in [0, 0.1) is 18.6 Å². The number of β-amino-alcohol motifs (C(OH)–C–C–N with tert-alkyl or cyclic N) is 1. The van der Waals surface area contributed by atoms with E-state index in [2.05, 4.69) is 5.32 Å². The Morgan fingerprint density at radius 2 is 1.88 bits per heavy atom. The van der Waals surface area contributed by atoms with Crippen molar-refractivity contribution in [3.63, 3.8) is 0 Å². The zero-order valence-corrected chi connectivity index (χ0v) is 19.0. The minimum Gasteiger partial charge on any atom is -0.491 e. The van der Waals surface area contributed by atoms with Gasteiger partial charge < -0.3 is 15.2 Å². The lowest BCUT2D eigenvalue weighted by Gasteiger charge is -2.23. The number of nitrogens with one attached hydrogen (secondary N) is 1. The molecule has 1 aliphatic heterocycles. The lowest BCUT2D eigenvalue weighted by atomic mass is 9.92. The largest absolute Gasteiger partial charge is 0.491 e. The maximum absolute atomic E-state index is 13.7. The van der Waals surface area contributed by atoms with Gasteiger partial charge in [-0.15, -0.1) is 0 Å². The van der Waals surface area contributed by atoms with Gasteiger partial charge in [0.15, 0.2) is 11.6 Å². The average molecular weight is 467 g/mol. The smallest absolute Gasteiger partial charge is 0.325 e. The van der Waals surface area contributed by atoms with Crippen molar-refractivity contribution in [1.29, 1.82) is 0 Å². The van der Waals surface area contributed by atoms with E-state index in [0.29, 0.717) is 10.8 Å². The Bertz CT molecular complexity index is 1060. The predicted molar refractivity (Wildman–Crippen MR) is 116 cm³/mol. The van der Waals surface area contributed by atoms with E-state index >= 15 is 0 Å². The molecule has 1 saturated heterocycles. The van der Waals surface area contributed by atoms with Crippen molar-refractivity contribution in [3.05, 3.63) is 63.7 Å². The third kappa shape index (κ3) is 4.56. The maximum atomic E-state index is 13.7. The number of hydrogen-bond acceptors (Lipinski definition) is 4. The number of aryl methyl sites for hydroxylation is 1. The minimum atomic E-state index is -1.58. The molecule has 0 bridgehead atoms. The molecule has 1 heterocycles. The second-order valence-electron chi connectivity index (χ2n) is 8.36. The lowest BCUT2D eigenvalue weighted by Crippen LogP contribution is -2.43. The summed E-state index contributed by atoms with van der Waals surface area (Å²) in [6, 6.07) is 5.84. The van der Waals surface area contributed by atoms with Crippen molar-refractivity contribution in [3.8, 4) is 5.75 Å². The van der Waals surface area contributed by atoms with Gasteiger partial charge in [0.25, 0.3) is 5.91 Å². The van der Waals surface area contributed by atoms with Crippen LogP contribution in [0.25, 0.3) is 0 Å². The quantitative estimate of drug-likeness (QED) is 0.598. The molecule has 1 fully saturated rings. The van der Waals surface area contributed by atoms with E-state index in [-0.39, 0.29) is 24.6 Å². The van der Waals surface area contributed by atoms with Gasteiger partial charge in [-0.05, 0) is 60.7 Å². The average Bonchev–Trinajstić information content (AvgIpc) is 2.94. The Labute approximate surface area is 190 Å². The molecule has 3 amide bonds. The summed E-state index contributed by atoms with van der Waals surface area (Å²) in [5, 5.41) is 13.5. The number of aliphatic hydroxyl groups excluding tert-OH is 1. The number of benzene rings is 2. The van der Waals surface area contributed by atoms with Crippen molar-refractivity contribution in [2.45, 2.75) is 45.3 Å². The Morgan fingerprint density at radius 3 is 2.50 bits per heavy atom. The molecule has 3 rings (SSSR count). The molecule has 0 spiro atoms. The third-order valence-corrected chi connectivity index (χ3v) is 5.92. The predicted octanol–water partition coefficient (Wildman–Crippen LogP) is 4.26. The number of carbonyl (C=O) groups is 2. The summed E-state index contributed by atoms with van der Waals surface area (Å²) < 4.78 is 32.7. The van der Waals surface area contributed by atoms with Gasteiger partial charge >= 0.3 is 6.03 Å². The van der Waals surface area contributed by atoms with Crippen LogP contribution in [0.4, 0.5) is 13.6 Å². The molecule has 2 atom stereocenters. The molecule has 2 aromatic carbocycles. The number of amides is 3. The fourth-order valence-electron chi connectivity index (χ4n) is 3.56. The van der Waals surface area contributed by atoms with Crippen LogP contribution in [0.15, 0.2) is 30.3 Å². The summed E-state index contributed by atoms with van der Waals surface area (Å²) in [6.07, 6.45) is -1.17. The zero-order valence-electron chi connectivity index (χ0n) is 18.2. The number of hydrogen-bond donors (Lipinski definition) is 2. The fraction of sp³-hybridized carbons (Fsp3) is 0.391. The molecule has 172 valence electrons. The Kier molecular flexibility index (Phi) is 6.76. The van der Waals surface area contributed by atoms with Crippen LogP contribution in [0.5, 0.6) is 5.75 Å². The number of ether oxygens (including phenoxy) is 1. The number of urea groups is 1. The fourth-order valence-corrected chi connectivity index (χ4v) is 3.73. The Morgan fingerprint density at radius 1 is 1.19 bits per heavy atom. The molecule has 6 nitrogen and oxygen atoms in total. The summed E-state index contributed by atoms with van der Waals surface area (Å²) in [7, 11) is 0. The highest BCUT2D eigenvalue weighted by Crippen LogP contribution is 2.33. The Hall–Kier alpha value is -2.71. The molecule has 32 heavy (non-hydrogen) atoms. The first-order valence-electron chi connectivity index (χ1n) is 10.1. The minimum absolute atomic E-state index is 0.0983. The van der Waals surface area contributed by atoms with Gasteiger partial charge in [0, 0.05) is 5.02 Å². The molecule has 0 aliphatic carbocycles. The number of imide groups is 1. The summed E-state index contributed by atoms with van der Waals surface area (Å²) in [4.78, 5) is 26.2. The van der Waals surface area contributed by atoms with Crippen molar-refractivity contribution >= 4 is 23.5 Å². The topological polar surface area (TPSA) is 78.9 Å². The second-order valence-corrected chi connectivity index (χ2v) is 8.77. The van der Waals surface area contributed by atoms with Crippen molar-refractivity contribution < 1.29 is 28.2 Å². The van der Waals surface area contributed by atoms with E-state index in [4.69, 9.17) is 16.3 Å². The molecule has 2 aromatic rings. The second kappa shape index (κ2) is 9.03. The van der Waals surface area contributed by atoms with Gasteiger partial charge in [-0.25, -0.2) is 13.6 Å². The third-order valence-electron chi connectivity index (χ3n) is 5.51. The van der Waals surface area contributed by atoms with Gasteiger partial charge in [0.05, 0.1) is 6.54 Å². The van der Waals surface area contributed by atoms with Crippen LogP contribution in [-0.2, 0) is 10.3 Å². The van der Waals surface area contributed by atoms with Crippen LogP contribution in [-0.4, -0.2) is 41.2 Å². The summed E-state index contributed by atoms with van der Waals surface area (Å²) >= 11 is 6.20. The Balaban J connectivity index is 1.71. The first-order valence-corrected chi connectivity index (χ1v) is 10.5. The molecular weight excluding hydrogens is 442 g/mol. The van der Waals surface area contributed by atoms with Crippen molar-refractivity contribution in [2.24, 2.45) is 0 Å². The van der Waals surface area contributed by atoms with E-state index < -0.39 is 35.2 Å². The zero-order chi connectivity index (χ0) is 23.8. The van der Waals surface area contributed by atoms with Crippen LogP contribution in [0.2, 0.25) is 5.02 Å². The normalized spacial score (nSPS) is 19.5. The molecule has 0 aromatic heterocycles. The summed E-state index contributed by atoms with van der Waals surface area (Å²) in [5.41, 5.74) is 0.205. The molecule has 2 N–H and O–H groups in total. The van der Waals surface area contributed by atoms with Gasteiger partial charge in [-0.1, -0.05) is 31.5 Å². The maximum Gasteiger partial charge on any atom is 0.325 e. The summed E-state index contributed by atoms with van der Waals surface area (Å²) in [5.74, 6) is -2.18. The number of carbonyl (C=O) groups excluding carboxylic acids is 2. The van der Waals surface area contributed by atoms with Crippen LogP contribution < -0.4 is 10.1 Å². The first-order chi connectivity index (χ1) is 14.9. The molecule has 0 unspecified atom stereocenters. The van der Waals surface area contributed by atoms with E-state index in [9.17, 15) is 23.5 Å². The molecule has 9 heteroatoms. The molecule has 0 radical (unpaired) electrons. The van der Waals surface area contributed by atoms with Crippen LogP contribution in [0.3, 0.4) is 0 Å². The molecule has 1 aliphatic rings. The van der Waals surface area contributed by atoms with E-state index in [1.807, 2.05) is 26.8 Å². The van der Waals surface area contributed by atoms with Crippen molar-refractivity contribution in [1.82, 2.24) is 10.2 Å². The SMILES string of the molecule is Cc1cc(OC[C@@H](O)CN2C(=O)N[C@@](C)(c3ccc(F)c(F)c3)C2=O)c(C(C)C)cc1Cl. The van der Waals surface area contributed by atoms with Gasteiger partial charge in [-0.2, -0.15) is 0 Å². The highest BCUT2D eigenvalue weighted by atomic mass is 35.5. The van der Waals surface area contributed by atoms with Gasteiger partial charge in [0.2, 0.25) is 0 Å². The van der Waals surface area contributed by atoms with E-state index in [0.717, 1.165) is 28.2 Å². The molecular formula is C23H25ClF2N2O4. The highest BCUT2D eigenvalue weighted by molar-refractivity contribution is 6.31. The number of aliphatic hydroxyl groups is 1. The first kappa shape index (κ1) is 23.9. The van der Waals surface area contributed by atoms with E-state index in [1.54, 1.807) is 6.07 Å². The number of rotatable bonds is 7. The van der Waals surface area contributed by atoms with Crippen LogP contribution >= 0.6 is 11.6 Å². The number of nitrogens with zero attached hydrogens (tertiary/aromatic N) is 1. The van der Waals surface area contributed by atoms with Gasteiger partial charge in [0.1, 0.15) is 24.0 Å².